The van der Waals surface area contributed by atoms with Crippen LogP contribution in [0.5, 0.6) is 0 Å². The molecule has 0 bridgehead atoms. The first-order chi connectivity index (χ1) is 10.2. The molecule has 0 aliphatic carbocycles. The zero-order valence-electron chi connectivity index (χ0n) is 12.4. The van der Waals surface area contributed by atoms with Gasteiger partial charge in [0.15, 0.2) is 0 Å². The molecule has 2 N–H and O–H groups in total. The number of para-hydroxylation sites is 1. The van der Waals surface area contributed by atoms with Crippen molar-refractivity contribution in [3.63, 3.8) is 0 Å². The van der Waals surface area contributed by atoms with E-state index in [0.29, 0.717) is 5.82 Å². The Morgan fingerprint density at radius 1 is 1.10 bits per heavy atom. The lowest BCUT2D eigenvalue weighted by molar-refractivity contribution is 0.250. The first kappa shape index (κ1) is 13.8. The fourth-order valence-corrected chi connectivity index (χ4v) is 2.68. The van der Waals surface area contributed by atoms with Crippen LogP contribution in [0.15, 0.2) is 36.5 Å². The van der Waals surface area contributed by atoms with Crippen molar-refractivity contribution in [1.29, 1.82) is 0 Å². The number of nitrogen functional groups attached to an aromatic ring is 1. The Balaban J connectivity index is 1.59. The Labute approximate surface area is 125 Å². The normalized spacial score (nSPS) is 16.1. The van der Waals surface area contributed by atoms with Crippen molar-refractivity contribution in [2.24, 2.45) is 0 Å². The van der Waals surface area contributed by atoms with Crippen LogP contribution in [-0.2, 0) is 6.54 Å². The van der Waals surface area contributed by atoms with Gasteiger partial charge in [-0.25, -0.2) is 9.97 Å². The number of rotatable bonds is 3. The molecule has 1 aromatic heterocycles. The van der Waals surface area contributed by atoms with Gasteiger partial charge in [-0.1, -0.05) is 18.2 Å². The van der Waals surface area contributed by atoms with E-state index in [1.54, 1.807) is 0 Å². The number of piperazine rings is 1. The molecular formula is C16H21N5. The Kier molecular flexibility index (Phi) is 4.01. The van der Waals surface area contributed by atoms with Gasteiger partial charge in [0.05, 0.1) is 0 Å². The third kappa shape index (κ3) is 3.31. The van der Waals surface area contributed by atoms with Crippen molar-refractivity contribution >= 4 is 11.5 Å². The van der Waals surface area contributed by atoms with E-state index < -0.39 is 0 Å². The van der Waals surface area contributed by atoms with Crippen LogP contribution in [0, 0.1) is 6.92 Å². The average Bonchev–Trinajstić information content (AvgIpc) is 2.52. The predicted molar refractivity (Wildman–Crippen MR) is 85.1 cm³/mol. The average molecular weight is 283 g/mol. The molecule has 0 amide bonds. The quantitative estimate of drug-likeness (QED) is 0.929. The molecule has 1 aliphatic heterocycles. The molecule has 1 aromatic carbocycles. The van der Waals surface area contributed by atoms with Gasteiger partial charge in [-0.05, 0) is 19.1 Å². The van der Waals surface area contributed by atoms with Crippen molar-refractivity contribution in [3.05, 3.63) is 47.9 Å². The van der Waals surface area contributed by atoms with E-state index >= 15 is 0 Å². The Morgan fingerprint density at radius 2 is 1.81 bits per heavy atom. The van der Waals surface area contributed by atoms with Gasteiger partial charge in [-0.3, -0.25) is 4.90 Å². The summed E-state index contributed by atoms with van der Waals surface area (Å²) in [5.41, 5.74) is 8.29. The molecule has 2 aromatic rings. The van der Waals surface area contributed by atoms with E-state index in [1.807, 2.05) is 13.1 Å². The zero-order chi connectivity index (χ0) is 14.7. The second kappa shape index (κ2) is 6.10. The lowest BCUT2D eigenvalue weighted by Crippen LogP contribution is -2.46. The number of hydrogen-bond acceptors (Lipinski definition) is 5. The molecule has 5 nitrogen and oxygen atoms in total. The Hall–Kier alpha value is -2.14. The SMILES string of the molecule is Cc1ncc(CN2CCN(c3ccccc3)CC2)c(N)n1. The van der Waals surface area contributed by atoms with Crippen LogP contribution >= 0.6 is 0 Å². The summed E-state index contributed by atoms with van der Waals surface area (Å²) >= 11 is 0. The van der Waals surface area contributed by atoms with E-state index in [2.05, 4.69) is 50.1 Å². The van der Waals surface area contributed by atoms with Gasteiger partial charge >= 0.3 is 0 Å². The molecule has 1 aliphatic rings. The minimum absolute atomic E-state index is 0.605. The van der Waals surface area contributed by atoms with Crippen LogP contribution in [0.1, 0.15) is 11.4 Å². The number of hydrogen-bond donors (Lipinski definition) is 1. The molecule has 3 rings (SSSR count). The van der Waals surface area contributed by atoms with Crippen LogP contribution in [0.4, 0.5) is 11.5 Å². The maximum Gasteiger partial charge on any atom is 0.131 e. The summed E-state index contributed by atoms with van der Waals surface area (Å²) in [6.07, 6.45) is 1.85. The predicted octanol–water partition coefficient (Wildman–Crippen LogP) is 1.69. The lowest BCUT2D eigenvalue weighted by atomic mass is 10.2. The Bertz CT molecular complexity index is 591. The number of benzene rings is 1. The summed E-state index contributed by atoms with van der Waals surface area (Å²) in [7, 11) is 0. The highest BCUT2D eigenvalue weighted by atomic mass is 15.3. The molecular weight excluding hydrogens is 262 g/mol. The number of aryl methyl sites for hydroxylation is 1. The second-order valence-corrected chi connectivity index (χ2v) is 5.43. The number of anilines is 2. The van der Waals surface area contributed by atoms with E-state index in [1.165, 1.54) is 5.69 Å². The molecule has 5 heteroatoms. The lowest BCUT2D eigenvalue weighted by Gasteiger charge is -2.36. The van der Waals surface area contributed by atoms with Gasteiger partial charge in [-0.15, -0.1) is 0 Å². The highest BCUT2D eigenvalue weighted by Gasteiger charge is 2.18. The molecule has 0 atom stereocenters. The van der Waals surface area contributed by atoms with Crippen LogP contribution in [0.2, 0.25) is 0 Å². The van der Waals surface area contributed by atoms with Gasteiger partial charge in [0.25, 0.3) is 0 Å². The smallest absolute Gasteiger partial charge is 0.131 e. The molecule has 1 fully saturated rings. The van der Waals surface area contributed by atoms with Crippen molar-refractivity contribution in [3.8, 4) is 0 Å². The summed E-state index contributed by atoms with van der Waals surface area (Å²) in [4.78, 5) is 13.3. The minimum atomic E-state index is 0.605. The highest BCUT2D eigenvalue weighted by Crippen LogP contribution is 2.17. The number of nitrogens with zero attached hydrogens (tertiary/aromatic N) is 4. The standard InChI is InChI=1S/C16H21N5/c1-13-18-11-14(16(17)19-13)12-20-7-9-21(10-8-20)15-5-3-2-4-6-15/h2-6,11H,7-10,12H2,1H3,(H2,17,18,19). The third-order valence-corrected chi connectivity index (χ3v) is 3.91. The van der Waals surface area contributed by atoms with Crippen molar-refractivity contribution in [2.45, 2.75) is 13.5 Å². The van der Waals surface area contributed by atoms with E-state index in [0.717, 1.165) is 44.1 Å². The summed E-state index contributed by atoms with van der Waals surface area (Å²) in [5.74, 6) is 1.33. The fraction of sp³-hybridized carbons (Fsp3) is 0.375. The largest absolute Gasteiger partial charge is 0.383 e. The first-order valence-corrected chi connectivity index (χ1v) is 7.33. The van der Waals surface area contributed by atoms with E-state index in [-0.39, 0.29) is 0 Å². The molecule has 21 heavy (non-hydrogen) atoms. The van der Waals surface area contributed by atoms with Crippen molar-refractivity contribution in [2.75, 3.05) is 36.8 Å². The van der Waals surface area contributed by atoms with E-state index in [4.69, 9.17) is 5.73 Å². The van der Waals surface area contributed by atoms with Crippen LogP contribution < -0.4 is 10.6 Å². The monoisotopic (exact) mass is 283 g/mol. The molecule has 0 spiro atoms. The summed E-state index contributed by atoms with van der Waals surface area (Å²) in [5, 5.41) is 0. The van der Waals surface area contributed by atoms with Crippen molar-refractivity contribution in [1.82, 2.24) is 14.9 Å². The summed E-state index contributed by atoms with van der Waals surface area (Å²) < 4.78 is 0. The third-order valence-electron chi connectivity index (χ3n) is 3.91. The maximum absolute atomic E-state index is 5.97. The van der Waals surface area contributed by atoms with Gasteiger partial charge in [0.2, 0.25) is 0 Å². The minimum Gasteiger partial charge on any atom is -0.383 e. The number of aromatic nitrogens is 2. The second-order valence-electron chi connectivity index (χ2n) is 5.43. The van der Waals surface area contributed by atoms with E-state index in [9.17, 15) is 0 Å². The van der Waals surface area contributed by atoms with Gasteiger partial charge in [-0.2, -0.15) is 0 Å². The van der Waals surface area contributed by atoms with Gasteiger partial charge in [0.1, 0.15) is 11.6 Å². The molecule has 110 valence electrons. The van der Waals surface area contributed by atoms with Crippen LogP contribution in [0.25, 0.3) is 0 Å². The summed E-state index contributed by atoms with van der Waals surface area (Å²) in [6.45, 7) is 6.82. The van der Waals surface area contributed by atoms with Gasteiger partial charge < -0.3 is 10.6 Å². The molecule has 0 unspecified atom stereocenters. The molecule has 0 radical (unpaired) electrons. The van der Waals surface area contributed by atoms with Gasteiger partial charge in [0, 0.05) is 50.2 Å². The molecule has 1 saturated heterocycles. The molecule has 0 saturated carbocycles. The van der Waals surface area contributed by atoms with Crippen LogP contribution in [0.3, 0.4) is 0 Å². The fourth-order valence-electron chi connectivity index (χ4n) is 2.68. The number of nitrogens with two attached hydrogens (primary N) is 1. The summed E-state index contributed by atoms with van der Waals surface area (Å²) in [6, 6.07) is 10.6. The molecule has 2 heterocycles. The highest BCUT2D eigenvalue weighted by molar-refractivity contribution is 5.46. The Morgan fingerprint density at radius 3 is 2.48 bits per heavy atom. The maximum atomic E-state index is 5.97. The van der Waals surface area contributed by atoms with Crippen LogP contribution in [-0.4, -0.2) is 41.0 Å². The topological polar surface area (TPSA) is 58.3 Å². The first-order valence-electron chi connectivity index (χ1n) is 7.33. The van der Waals surface area contributed by atoms with Crippen molar-refractivity contribution < 1.29 is 0 Å². The zero-order valence-corrected chi connectivity index (χ0v) is 12.4.